The molecule has 0 spiro atoms. The number of hydrogen-bond acceptors (Lipinski definition) is 4. The SMILES string of the molecule is CC[NH+](CC)CCN1C(=O)C(=O)C(=C(O)c2cc(C)ccc2C)[C@@H]1c1ccncc1. The first kappa shape index (κ1) is 21.7. The van der Waals surface area contributed by atoms with Crippen LogP contribution in [0.3, 0.4) is 0 Å². The Balaban J connectivity index is 2.12. The van der Waals surface area contributed by atoms with E-state index in [4.69, 9.17) is 0 Å². The number of rotatable bonds is 7. The van der Waals surface area contributed by atoms with Gasteiger partial charge in [0.1, 0.15) is 5.76 Å². The Morgan fingerprint density at radius 3 is 2.40 bits per heavy atom. The predicted octanol–water partition coefficient (Wildman–Crippen LogP) is 2.04. The first-order valence-electron chi connectivity index (χ1n) is 10.5. The summed E-state index contributed by atoms with van der Waals surface area (Å²) in [5.41, 5.74) is 3.33. The molecule has 3 rings (SSSR count). The van der Waals surface area contributed by atoms with E-state index < -0.39 is 17.7 Å². The molecule has 2 aromatic rings. The van der Waals surface area contributed by atoms with Gasteiger partial charge in [-0.25, -0.2) is 0 Å². The number of likely N-dealkylation sites (tertiary alicyclic amines) is 1. The third kappa shape index (κ3) is 4.14. The molecule has 0 bridgehead atoms. The number of aliphatic hydroxyl groups is 1. The minimum atomic E-state index is -0.634. The van der Waals surface area contributed by atoms with Crippen molar-refractivity contribution in [3.8, 4) is 0 Å². The number of likely N-dealkylation sites (N-methyl/N-ethyl adjacent to an activating group) is 1. The van der Waals surface area contributed by atoms with Gasteiger partial charge in [-0.3, -0.25) is 14.6 Å². The summed E-state index contributed by atoms with van der Waals surface area (Å²) in [5, 5.41) is 11.2. The molecule has 0 aliphatic carbocycles. The molecule has 1 atom stereocenters. The van der Waals surface area contributed by atoms with E-state index in [2.05, 4.69) is 18.8 Å². The number of amides is 1. The van der Waals surface area contributed by atoms with Crippen LogP contribution < -0.4 is 4.90 Å². The summed E-state index contributed by atoms with van der Waals surface area (Å²) in [5.74, 6) is -1.31. The summed E-state index contributed by atoms with van der Waals surface area (Å²) in [6.07, 6.45) is 3.28. The first-order chi connectivity index (χ1) is 14.4. The lowest BCUT2D eigenvalue weighted by atomic mass is 9.94. The number of carbonyl (C=O) groups is 2. The summed E-state index contributed by atoms with van der Waals surface area (Å²) in [6, 6.07) is 8.68. The van der Waals surface area contributed by atoms with Crippen molar-refractivity contribution < 1.29 is 19.6 Å². The lowest BCUT2D eigenvalue weighted by Gasteiger charge is -2.26. The molecule has 1 aromatic carbocycles. The molecule has 0 unspecified atom stereocenters. The van der Waals surface area contributed by atoms with Gasteiger partial charge in [0.05, 0.1) is 37.8 Å². The van der Waals surface area contributed by atoms with E-state index in [0.717, 1.165) is 36.3 Å². The second-order valence-corrected chi connectivity index (χ2v) is 7.80. The summed E-state index contributed by atoms with van der Waals surface area (Å²) < 4.78 is 0. The van der Waals surface area contributed by atoms with Gasteiger partial charge in [-0.2, -0.15) is 0 Å². The van der Waals surface area contributed by atoms with Crippen molar-refractivity contribution in [3.05, 3.63) is 70.6 Å². The van der Waals surface area contributed by atoms with E-state index in [9.17, 15) is 14.7 Å². The van der Waals surface area contributed by atoms with E-state index in [1.54, 1.807) is 29.4 Å². The number of hydrogen-bond donors (Lipinski definition) is 2. The minimum absolute atomic E-state index is 0.117. The fourth-order valence-electron chi connectivity index (χ4n) is 4.02. The van der Waals surface area contributed by atoms with Crippen molar-refractivity contribution in [2.75, 3.05) is 26.2 Å². The largest absolute Gasteiger partial charge is 0.507 e. The Morgan fingerprint density at radius 2 is 1.77 bits per heavy atom. The van der Waals surface area contributed by atoms with Crippen LogP contribution in [0, 0.1) is 13.8 Å². The van der Waals surface area contributed by atoms with Crippen molar-refractivity contribution in [2.24, 2.45) is 0 Å². The fourth-order valence-corrected chi connectivity index (χ4v) is 4.02. The van der Waals surface area contributed by atoms with Crippen LogP contribution in [-0.4, -0.2) is 52.9 Å². The van der Waals surface area contributed by atoms with Gasteiger partial charge in [0.25, 0.3) is 11.7 Å². The Bertz CT molecular complexity index is 965. The lowest BCUT2D eigenvalue weighted by Crippen LogP contribution is -3.12. The maximum absolute atomic E-state index is 13.1. The van der Waals surface area contributed by atoms with Crippen LogP contribution in [0.4, 0.5) is 0 Å². The molecule has 1 aromatic heterocycles. The molecule has 6 nitrogen and oxygen atoms in total. The standard InChI is InChI=1S/C24H29N3O3/c1-5-26(6-2)13-14-27-21(18-9-11-25-12-10-18)20(23(29)24(27)30)22(28)19-15-16(3)7-8-17(19)4/h7-12,15,21,28H,5-6,13-14H2,1-4H3/p+1/t21-/m0/s1. The van der Waals surface area contributed by atoms with Crippen LogP contribution in [0.2, 0.25) is 0 Å². The normalized spacial score (nSPS) is 18.4. The van der Waals surface area contributed by atoms with Crippen molar-refractivity contribution in [2.45, 2.75) is 33.7 Å². The second kappa shape index (κ2) is 9.22. The maximum atomic E-state index is 13.1. The van der Waals surface area contributed by atoms with Gasteiger partial charge in [0.15, 0.2) is 0 Å². The molecule has 158 valence electrons. The predicted molar refractivity (Wildman–Crippen MR) is 116 cm³/mol. The van der Waals surface area contributed by atoms with Crippen LogP contribution in [0.1, 0.15) is 42.1 Å². The van der Waals surface area contributed by atoms with Crippen molar-refractivity contribution >= 4 is 17.4 Å². The highest BCUT2D eigenvalue weighted by Gasteiger charge is 2.46. The molecule has 1 aliphatic rings. The van der Waals surface area contributed by atoms with Crippen LogP contribution in [0.25, 0.3) is 5.76 Å². The average Bonchev–Trinajstić information content (AvgIpc) is 3.01. The van der Waals surface area contributed by atoms with Gasteiger partial charge >= 0.3 is 0 Å². The molecule has 30 heavy (non-hydrogen) atoms. The number of quaternary nitrogens is 1. The summed E-state index contributed by atoms with van der Waals surface area (Å²) in [7, 11) is 0. The van der Waals surface area contributed by atoms with Crippen LogP contribution in [0.15, 0.2) is 48.3 Å². The van der Waals surface area contributed by atoms with Gasteiger partial charge in [0.2, 0.25) is 0 Å². The van der Waals surface area contributed by atoms with Crippen LogP contribution in [-0.2, 0) is 9.59 Å². The molecular formula is C24H30N3O3+. The quantitative estimate of drug-likeness (QED) is 0.418. The summed E-state index contributed by atoms with van der Waals surface area (Å²) in [4.78, 5) is 33.1. The van der Waals surface area contributed by atoms with Crippen LogP contribution >= 0.6 is 0 Å². The minimum Gasteiger partial charge on any atom is -0.507 e. The zero-order valence-electron chi connectivity index (χ0n) is 18.1. The van der Waals surface area contributed by atoms with Gasteiger partial charge in [-0.15, -0.1) is 0 Å². The highest BCUT2D eigenvalue weighted by atomic mass is 16.3. The van der Waals surface area contributed by atoms with E-state index in [-0.39, 0.29) is 11.3 Å². The van der Waals surface area contributed by atoms with E-state index in [1.165, 1.54) is 4.90 Å². The number of ketones is 1. The van der Waals surface area contributed by atoms with E-state index >= 15 is 0 Å². The van der Waals surface area contributed by atoms with Crippen LogP contribution in [0.5, 0.6) is 0 Å². The number of carbonyl (C=O) groups excluding carboxylic acids is 2. The number of aryl methyl sites for hydroxylation is 2. The van der Waals surface area contributed by atoms with Gasteiger partial charge in [-0.1, -0.05) is 17.7 Å². The lowest BCUT2D eigenvalue weighted by molar-refractivity contribution is -0.895. The van der Waals surface area contributed by atoms with Gasteiger partial charge in [-0.05, 0) is 57.0 Å². The fraction of sp³-hybridized carbons (Fsp3) is 0.375. The number of Topliss-reactive ketones (excluding diaryl/α,β-unsaturated/α-hetero) is 1. The third-order valence-corrected chi connectivity index (χ3v) is 5.92. The zero-order chi connectivity index (χ0) is 21.8. The number of aromatic nitrogens is 1. The summed E-state index contributed by atoms with van der Waals surface area (Å²) in [6.45, 7) is 11.1. The number of nitrogens with one attached hydrogen (secondary N) is 1. The molecule has 2 heterocycles. The Kier molecular flexibility index (Phi) is 6.67. The first-order valence-corrected chi connectivity index (χ1v) is 10.5. The number of benzene rings is 1. The zero-order valence-corrected chi connectivity index (χ0v) is 18.1. The third-order valence-electron chi connectivity index (χ3n) is 5.92. The highest BCUT2D eigenvalue weighted by Crippen LogP contribution is 2.39. The molecule has 0 radical (unpaired) electrons. The smallest absolute Gasteiger partial charge is 0.295 e. The Labute approximate surface area is 177 Å². The molecule has 1 fully saturated rings. The van der Waals surface area contributed by atoms with Crippen molar-refractivity contribution in [1.82, 2.24) is 9.88 Å². The monoisotopic (exact) mass is 408 g/mol. The molecule has 2 N–H and O–H groups in total. The molecule has 1 aliphatic heterocycles. The van der Waals surface area contributed by atoms with Gasteiger partial charge in [0, 0.05) is 18.0 Å². The van der Waals surface area contributed by atoms with E-state index in [1.807, 2.05) is 32.0 Å². The maximum Gasteiger partial charge on any atom is 0.295 e. The highest BCUT2D eigenvalue weighted by molar-refractivity contribution is 6.46. The molecular weight excluding hydrogens is 378 g/mol. The summed E-state index contributed by atoms with van der Waals surface area (Å²) >= 11 is 0. The topological polar surface area (TPSA) is 74.9 Å². The molecule has 1 amide bonds. The number of pyridine rings is 1. The average molecular weight is 409 g/mol. The van der Waals surface area contributed by atoms with E-state index in [0.29, 0.717) is 12.1 Å². The Hall–Kier alpha value is -2.99. The van der Waals surface area contributed by atoms with Crippen molar-refractivity contribution in [1.29, 1.82) is 0 Å². The molecule has 1 saturated heterocycles. The number of nitrogens with zero attached hydrogens (tertiary/aromatic N) is 2. The number of aliphatic hydroxyl groups excluding tert-OH is 1. The second-order valence-electron chi connectivity index (χ2n) is 7.80. The Morgan fingerprint density at radius 1 is 1.10 bits per heavy atom. The van der Waals surface area contributed by atoms with Crippen molar-refractivity contribution in [3.63, 3.8) is 0 Å². The molecule has 0 saturated carbocycles. The molecule has 6 heteroatoms. The van der Waals surface area contributed by atoms with Gasteiger partial charge < -0.3 is 14.9 Å².